The molecule has 0 amide bonds. The second-order valence-electron chi connectivity index (χ2n) is 6.48. The van der Waals surface area contributed by atoms with Crippen molar-refractivity contribution in [2.24, 2.45) is 11.8 Å². The summed E-state index contributed by atoms with van der Waals surface area (Å²) in [6, 6.07) is 0. The molecule has 0 aliphatic heterocycles. The molecular weight excluding hydrogens is 296 g/mol. The fourth-order valence-electron chi connectivity index (χ4n) is 3.25. The van der Waals surface area contributed by atoms with Crippen molar-refractivity contribution in [3.8, 4) is 0 Å². The van der Waals surface area contributed by atoms with E-state index in [1.54, 1.807) is 12.2 Å². The number of hydrogen-bond acceptors (Lipinski definition) is 4. The molecule has 0 aromatic heterocycles. The zero-order valence-corrected chi connectivity index (χ0v) is 14.0. The lowest BCUT2D eigenvalue weighted by Crippen LogP contribution is -2.18. The van der Waals surface area contributed by atoms with Gasteiger partial charge in [0, 0.05) is 24.7 Å². The Bertz CT molecular complexity index is 404. The summed E-state index contributed by atoms with van der Waals surface area (Å²) in [5.41, 5.74) is 0. The molecule has 1 aliphatic carbocycles. The van der Waals surface area contributed by atoms with E-state index in [1.165, 1.54) is 0 Å². The molecule has 0 heterocycles. The van der Waals surface area contributed by atoms with E-state index >= 15 is 0 Å². The fraction of sp³-hybridized carbons (Fsp3) is 0.778. The summed E-state index contributed by atoms with van der Waals surface area (Å²) >= 11 is 0. The molecule has 5 heteroatoms. The summed E-state index contributed by atoms with van der Waals surface area (Å²) in [6.07, 6.45) is 8.65. The third kappa shape index (κ3) is 7.27. The highest BCUT2D eigenvalue weighted by atomic mass is 16.4. The molecule has 1 fully saturated rings. The van der Waals surface area contributed by atoms with Crippen molar-refractivity contribution in [3.05, 3.63) is 12.2 Å². The quantitative estimate of drug-likeness (QED) is 0.401. The Labute approximate surface area is 138 Å². The standard InChI is InChI=1S/C18H30O5/c1-2-14-15(17(21)12-16(14)20)11-10-13(19)8-6-4-3-5-7-9-18(22)23/h10-11,13-15,17,19,21H,2-9,12H2,1H3,(H,22,23)/b11-10+/t13-,14+,15-,17+/m1/s1. The second kappa shape index (κ2) is 10.6. The van der Waals surface area contributed by atoms with Crippen LogP contribution in [0.4, 0.5) is 0 Å². The van der Waals surface area contributed by atoms with Gasteiger partial charge in [-0.3, -0.25) is 9.59 Å². The summed E-state index contributed by atoms with van der Waals surface area (Å²) in [5, 5.41) is 28.4. The SMILES string of the molecule is CC[C@@H]1C(=O)C[C@H](O)[C@@H]1/C=C/[C@H](O)CCCCCCCC(=O)O. The van der Waals surface area contributed by atoms with Crippen LogP contribution in [0.25, 0.3) is 0 Å². The Balaban J connectivity index is 2.19. The van der Waals surface area contributed by atoms with Gasteiger partial charge in [0.05, 0.1) is 12.2 Å². The number of aliphatic carboxylic acids is 1. The maximum atomic E-state index is 11.7. The molecule has 0 unspecified atom stereocenters. The van der Waals surface area contributed by atoms with Crippen molar-refractivity contribution in [2.75, 3.05) is 0 Å². The largest absolute Gasteiger partial charge is 0.481 e. The molecule has 23 heavy (non-hydrogen) atoms. The van der Waals surface area contributed by atoms with Gasteiger partial charge >= 0.3 is 5.97 Å². The first-order valence-electron chi connectivity index (χ1n) is 8.74. The zero-order valence-electron chi connectivity index (χ0n) is 14.0. The monoisotopic (exact) mass is 326 g/mol. The maximum Gasteiger partial charge on any atom is 0.303 e. The predicted molar refractivity (Wildman–Crippen MR) is 88.0 cm³/mol. The van der Waals surface area contributed by atoms with E-state index in [2.05, 4.69) is 0 Å². The average Bonchev–Trinajstić information content (AvgIpc) is 2.76. The molecule has 4 atom stereocenters. The first-order chi connectivity index (χ1) is 11.0. The van der Waals surface area contributed by atoms with Gasteiger partial charge in [-0.25, -0.2) is 0 Å². The van der Waals surface area contributed by atoms with Gasteiger partial charge in [-0.15, -0.1) is 0 Å². The first-order valence-corrected chi connectivity index (χ1v) is 8.74. The lowest BCUT2D eigenvalue weighted by atomic mass is 9.91. The number of Topliss-reactive ketones (excluding diaryl/α,β-unsaturated/α-hetero) is 1. The smallest absolute Gasteiger partial charge is 0.303 e. The van der Waals surface area contributed by atoms with Crippen molar-refractivity contribution < 1.29 is 24.9 Å². The van der Waals surface area contributed by atoms with Crippen LogP contribution in [0.15, 0.2) is 12.2 Å². The van der Waals surface area contributed by atoms with E-state index < -0.39 is 18.2 Å². The van der Waals surface area contributed by atoms with Gasteiger partial charge < -0.3 is 15.3 Å². The van der Waals surface area contributed by atoms with Crippen LogP contribution in [-0.2, 0) is 9.59 Å². The molecule has 0 bridgehead atoms. The van der Waals surface area contributed by atoms with Crippen LogP contribution in [0.5, 0.6) is 0 Å². The van der Waals surface area contributed by atoms with E-state index in [0.29, 0.717) is 12.8 Å². The highest BCUT2D eigenvalue weighted by molar-refractivity contribution is 5.84. The number of aliphatic hydroxyl groups excluding tert-OH is 2. The van der Waals surface area contributed by atoms with Gasteiger partial charge in [0.15, 0.2) is 0 Å². The van der Waals surface area contributed by atoms with Crippen molar-refractivity contribution in [3.63, 3.8) is 0 Å². The van der Waals surface area contributed by atoms with E-state index in [9.17, 15) is 19.8 Å². The highest BCUT2D eigenvalue weighted by Gasteiger charge is 2.38. The van der Waals surface area contributed by atoms with Gasteiger partial charge in [-0.05, 0) is 19.3 Å². The Morgan fingerprint density at radius 1 is 1.26 bits per heavy atom. The van der Waals surface area contributed by atoms with Crippen molar-refractivity contribution in [2.45, 2.75) is 76.9 Å². The summed E-state index contributed by atoms with van der Waals surface area (Å²) in [7, 11) is 0. The first kappa shape index (κ1) is 19.8. The summed E-state index contributed by atoms with van der Waals surface area (Å²) in [4.78, 5) is 22.1. The third-order valence-corrected chi connectivity index (χ3v) is 4.62. The van der Waals surface area contributed by atoms with E-state index in [-0.39, 0.29) is 30.5 Å². The molecule has 0 aromatic rings. The number of ketones is 1. The minimum Gasteiger partial charge on any atom is -0.481 e. The number of carboxylic acids is 1. The normalized spacial score (nSPS) is 26.0. The van der Waals surface area contributed by atoms with Gasteiger partial charge in [0.1, 0.15) is 5.78 Å². The number of unbranched alkanes of at least 4 members (excludes halogenated alkanes) is 4. The van der Waals surface area contributed by atoms with Gasteiger partial charge in [-0.1, -0.05) is 44.8 Å². The Kier molecular flexibility index (Phi) is 9.10. The van der Waals surface area contributed by atoms with Crippen molar-refractivity contribution >= 4 is 11.8 Å². The van der Waals surface area contributed by atoms with Gasteiger partial charge in [0.2, 0.25) is 0 Å². The molecule has 5 nitrogen and oxygen atoms in total. The Hall–Kier alpha value is -1.20. The molecule has 1 saturated carbocycles. The molecular formula is C18H30O5. The molecule has 3 N–H and O–H groups in total. The average molecular weight is 326 g/mol. The lowest BCUT2D eigenvalue weighted by Gasteiger charge is -2.16. The predicted octanol–water partition coefficient (Wildman–Crippen LogP) is 2.69. The number of carboxylic acid groups (broad SMARTS) is 1. The molecule has 1 rings (SSSR count). The molecule has 0 aromatic carbocycles. The number of rotatable bonds is 11. The third-order valence-electron chi connectivity index (χ3n) is 4.62. The van der Waals surface area contributed by atoms with Gasteiger partial charge in [0.25, 0.3) is 0 Å². The number of carbonyl (C=O) groups is 2. The number of hydrogen-bond donors (Lipinski definition) is 3. The van der Waals surface area contributed by atoms with E-state index in [1.807, 2.05) is 6.92 Å². The summed E-state index contributed by atoms with van der Waals surface area (Å²) < 4.78 is 0. The van der Waals surface area contributed by atoms with Crippen LogP contribution in [0.3, 0.4) is 0 Å². The fourth-order valence-corrected chi connectivity index (χ4v) is 3.25. The van der Waals surface area contributed by atoms with Crippen LogP contribution < -0.4 is 0 Å². The van der Waals surface area contributed by atoms with Crippen molar-refractivity contribution in [1.82, 2.24) is 0 Å². The topological polar surface area (TPSA) is 94.8 Å². The molecule has 0 radical (unpaired) electrons. The minimum atomic E-state index is -0.747. The highest BCUT2D eigenvalue weighted by Crippen LogP contribution is 2.32. The van der Waals surface area contributed by atoms with Gasteiger partial charge in [-0.2, -0.15) is 0 Å². The Morgan fingerprint density at radius 2 is 1.91 bits per heavy atom. The number of aliphatic hydroxyl groups is 2. The van der Waals surface area contributed by atoms with Crippen LogP contribution in [0, 0.1) is 11.8 Å². The van der Waals surface area contributed by atoms with Crippen LogP contribution in [0.2, 0.25) is 0 Å². The van der Waals surface area contributed by atoms with Crippen molar-refractivity contribution in [1.29, 1.82) is 0 Å². The maximum absolute atomic E-state index is 11.7. The second-order valence-corrected chi connectivity index (χ2v) is 6.48. The molecule has 0 spiro atoms. The van der Waals surface area contributed by atoms with E-state index in [4.69, 9.17) is 5.11 Å². The summed E-state index contributed by atoms with van der Waals surface area (Å²) in [5.74, 6) is -0.921. The zero-order chi connectivity index (χ0) is 17.2. The summed E-state index contributed by atoms with van der Waals surface area (Å²) in [6.45, 7) is 1.95. The molecule has 1 aliphatic rings. The van der Waals surface area contributed by atoms with E-state index in [0.717, 1.165) is 32.1 Å². The molecule has 0 saturated heterocycles. The lowest BCUT2D eigenvalue weighted by molar-refractivity contribution is -0.137. The van der Waals surface area contributed by atoms with Crippen LogP contribution >= 0.6 is 0 Å². The minimum absolute atomic E-state index is 0.116. The van der Waals surface area contributed by atoms with Crippen LogP contribution in [0.1, 0.15) is 64.7 Å². The molecule has 132 valence electrons. The number of carbonyl (C=O) groups excluding carboxylic acids is 1. The van der Waals surface area contributed by atoms with Crippen LogP contribution in [-0.4, -0.2) is 39.3 Å². The Morgan fingerprint density at radius 3 is 2.57 bits per heavy atom.